The molecule has 7 heteroatoms. The molecule has 4 rings (SSSR count). The average Bonchev–Trinajstić information content (AvgIpc) is 3.38. The average molecular weight is 386 g/mol. The van der Waals surface area contributed by atoms with Crippen molar-refractivity contribution >= 4 is 23.2 Å². The Balaban J connectivity index is 1.47. The van der Waals surface area contributed by atoms with Crippen molar-refractivity contribution in [3.63, 3.8) is 0 Å². The number of thiophene rings is 1. The van der Waals surface area contributed by atoms with E-state index in [9.17, 15) is 9.59 Å². The number of fused-ring (bicyclic) bond motifs is 1. The summed E-state index contributed by atoms with van der Waals surface area (Å²) in [6.45, 7) is 3.53. The lowest BCUT2D eigenvalue weighted by Gasteiger charge is -2.29. The largest absolute Gasteiger partial charge is 0.486 e. The zero-order valence-electron chi connectivity index (χ0n) is 15.1. The zero-order valence-corrected chi connectivity index (χ0v) is 16.0. The SMILES string of the molecule is CC(NC(=O)c1cccs1)C(=O)N1CCCC1c1ccc2c(c1)OCCO2. The highest BCUT2D eigenvalue weighted by molar-refractivity contribution is 7.12. The molecule has 142 valence electrons. The number of nitrogens with one attached hydrogen (secondary N) is 1. The topological polar surface area (TPSA) is 67.9 Å². The number of carbonyl (C=O) groups is 2. The van der Waals surface area contributed by atoms with Gasteiger partial charge in [0.05, 0.1) is 10.9 Å². The summed E-state index contributed by atoms with van der Waals surface area (Å²) in [5.41, 5.74) is 1.04. The van der Waals surface area contributed by atoms with E-state index in [0.29, 0.717) is 24.6 Å². The van der Waals surface area contributed by atoms with Gasteiger partial charge in [-0.1, -0.05) is 12.1 Å². The lowest BCUT2D eigenvalue weighted by Crippen LogP contribution is -2.46. The monoisotopic (exact) mass is 386 g/mol. The Morgan fingerprint density at radius 3 is 2.81 bits per heavy atom. The zero-order chi connectivity index (χ0) is 18.8. The normalized spacial score (nSPS) is 19.6. The molecule has 0 aliphatic carbocycles. The number of rotatable bonds is 4. The van der Waals surface area contributed by atoms with Crippen molar-refractivity contribution in [1.82, 2.24) is 10.2 Å². The van der Waals surface area contributed by atoms with E-state index in [1.807, 2.05) is 34.5 Å². The molecule has 2 unspecified atom stereocenters. The number of hydrogen-bond acceptors (Lipinski definition) is 5. The summed E-state index contributed by atoms with van der Waals surface area (Å²) in [5.74, 6) is 1.22. The predicted molar refractivity (Wildman–Crippen MR) is 102 cm³/mol. The summed E-state index contributed by atoms with van der Waals surface area (Å²) >= 11 is 1.36. The Hall–Kier alpha value is -2.54. The summed E-state index contributed by atoms with van der Waals surface area (Å²) in [5, 5.41) is 4.66. The van der Waals surface area contributed by atoms with Gasteiger partial charge < -0.3 is 19.7 Å². The highest BCUT2D eigenvalue weighted by atomic mass is 32.1. The van der Waals surface area contributed by atoms with Gasteiger partial charge in [0.2, 0.25) is 5.91 Å². The minimum atomic E-state index is -0.572. The molecule has 1 saturated heterocycles. The maximum Gasteiger partial charge on any atom is 0.261 e. The molecule has 1 aromatic heterocycles. The van der Waals surface area contributed by atoms with Gasteiger partial charge in [0, 0.05) is 6.54 Å². The van der Waals surface area contributed by atoms with Gasteiger partial charge in [-0.15, -0.1) is 11.3 Å². The third-order valence-corrected chi connectivity index (χ3v) is 5.82. The molecule has 0 spiro atoms. The molecule has 1 fully saturated rings. The molecule has 1 aromatic carbocycles. The molecule has 6 nitrogen and oxygen atoms in total. The first-order valence-electron chi connectivity index (χ1n) is 9.18. The first-order chi connectivity index (χ1) is 13.1. The molecule has 2 atom stereocenters. The van der Waals surface area contributed by atoms with Crippen molar-refractivity contribution in [2.24, 2.45) is 0 Å². The maximum atomic E-state index is 13.0. The fourth-order valence-electron chi connectivity index (χ4n) is 3.63. The van der Waals surface area contributed by atoms with Crippen molar-refractivity contribution in [2.45, 2.75) is 31.8 Å². The van der Waals surface area contributed by atoms with Gasteiger partial charge in [-0.2, -0.15) is 0 Å². The fraction of sp³-hybridized carbons (Fsp3) is 0.400. The Labute approximate surface area is 162 Å². The van der Waals surface area contributed by atoms with Crippen LogP contribution in [0.2, 0.25) is 0 Å². The number of carbonyl (C=O) groups excluding carboxylic acids is 2. The van der Waals surface area contributed by atoms with E-state index in [4.69, 9.17) is 9.47 Å². The van der Waals surface area contributed by atoms with Gasteiger partial charge in [-0.25, -0.2) is 0 Å². The van der Waals surface area contributed by atoms with E-state index in [-0.39, 0.29) is 17.9 Å². The molecule has 2 amide bonds. The fourth-order valence-corrected chi connectivity index (χ4v) is 4.26. The van der Waals surface area contributed by atoms with Gasteiger partial charge in [-0.3, -0.25) is 9.59 Å². The molecular weight excluding hydrogens is 364 g/mol. The molecule has 27 heavy (non-hydrogen) atoms. The van der Waals surface area contributed by atoms with E-state index in [1.165, 1.54) is 11.3 Å². The highest BCUT2D eigenvalue weighted by Crippen LogP contribution is 2.38. The van der Waals surface area contributed by atoms with Crippen LogP contribution in [0, 0.1) is 0 Å². The predicted octanol–water partition coefficient (Wildman–Crippen LogP) is 3.00. The van der Waals surface area contributed by atoms with Crippen LogP contribution in [-0.4, -0.2) is 42.5 Å². The second-order valence-corrected chi connectivity index (χ2v) is 7.71. The van der Waals surface area contributed by atoms with Crippen molar-refractivity contribution in [3.05, 3.63) is 46.2 Å². The minimum Gasteiger partial charge on any atom is -0.486 e. The van der Waals surface area contributed by atoms with E-state index >= 15 is 0 Å². The van der Waals surface area contributed by atoms with Crippen molar-refractivity contribution < 1.29 is 19.1 Å². The standard InChI is InChI=1S/C20H22N2O4S/c1-13(21-19(23)18-5-3-11-27-18)20(24)22-8-2-4-15(22)14-6-7-16-17(12-14)26-10-9-25-16/h3,5-7,11-13,15H,2,4,8-10H2,1H3,(H,21,23). The molecule has 3 heterocycles. The van der Waals surface area contributed by atoms with E-state index < -0.39 is 6.04 Å². The maximum absolute atomic E-state index is 13.0. The summed E-state index contributed by atoms with van der Waals surface area (Å²) in [6.07, 6.45) is 1.84. The lowest BCUT2D eigenvalue weighted by atomic mass is 10.0. The summed E-state index contributed by atoms with van der Waals surface area (Å²) < 4.78 is 11.3. The van der Waals surface area contributed by atoms with E-state index in [0.717, 1.165) is 29.9 Å². The number of nitrogens with zero attached hydrogens (tertiary/aromatic N) is 1. The van der Waals surface area contributed by atoms with Crippen molar-refractivity contribution in [1.29, 1.82) is 0 Å². The van der Waals surface area contributed by atoms with Crippen molar-refractivity contribution in [2.75, 3.05) is 19.8 Å². The summed E-state index contributed by atoms with van der Waals surface area (Å²) in [7, 11) is 0. The first kappa shape index (κ1) is 17.9. The second-order valence-electron chi connectivity index (χ2n) is 6.77. The number of benzene rings is 1. The van der Waals surface area contributed by atoms with Crippen LogP contribution in [-0.2, 0) is 4.79 Å². The lowest BCUT2D eigenvalue weighted by molar-refractivity contribution is -0.133. The highest BCUT2D eigenvalue weighted by Gasteiger charge is 2.33. The quantitative estimate of drug-likeness (QED) is 0.877. The molecule has 0 radical (unpaired) electrons. The molecule has 0 bridgehead atoms. The molecule has 2 aromatic rings. The third kappa shape index (κ3) is 3.64. The third-order valence-electron chi connectivity index (χ3n) is 4.95. The van der Waals surface area contributed by atoms with Gasteiger partial charge >= 0.3 is 0 Å². The Bertz CT molecular complexity index is 837. The Kier molecular flexibility index (Phi) is 5.03. The van der Waals surface area contributed by atoms with Crippen LogP contribution in [0.3, 0.4) is 0 Å². The van der Waals surface area contributed by atoms with Crippen LogP contribution in [0.25, 0.3) is 0 Å². The molecule has 1 N–H and O–H groups in total. The molecular formula is C20H22N2O4S. The van der Waals surface area contributed by atoms with Crippen LogP contribution in [0.4, 0.5) is 0 Å². The van der Waals surface area contributed by atoms with Gasteiger partial charge in [0.25, 0.3) is 5.91 Å². The van der Waals surface area contributed by atoms with Crippen LogP contribution in [0.15, 0.2) is 35.7 Å². The Morgan fingerprint density at radius 2 is 2.04 bits per heavy atom. The van der Waals surface area contributed by atoms with Crippen LogP contribution in [0.1, 0.15) is 41.0 Å². The van der Waals surface area contributed by atoms with Crippen LogP contribution < -0.4 is 14.8 Å². The number of likely N-dealkylation sites (tertiary alicyclic amines) is 1. The number of ether oxygens (including phenoxy) is 2. The van der Waals surface area contributed by atoms with E-state index in [2.05, 4.69) is 5.32 Å². The second kappa shape index (κ2) is 7.60. The van der Waals surface area contributed by atoms with Gasteiger partial charge in [0.15, 0.2) is 11.5 Å². The smallest absolute Gasteiger partial charge is 0.261 e. The van der Waals surface area contributed by atoms with Gasteiger partial charge in [-0.05, 0) is 48.9 Å². The van der Waals surface area contributed by atoms with Crippen molar-refractivity contribution in [3.8, 4) is 11.5 Å². The first-order valence-corrected chi connectivity index (χ1v) is 10.1. The molecule has 2 aliphatic heterocycles. The Morgan fingerprint density at radius 1 is 1.22 bits per heavy atom. The minimum absolute atomic E-state index is 0.00517. The number of amides is 2. The summed E-state index contributed by atoms with van der Waals surface area (Å²) in [4.78, 5) is 27.7. The van der Waals surface area contributed by atoms with Gasteiger partial charge in [0.1, 0.15) is 19.3 Å². The molecule has 2 aliphatic rings. The molecule has 0 saturated carbocycles. The summed E-state index contributed by atoms with van der Waals surface area (Å²) in [6, 6.07) is 8.88. The van der Waals surface area contributed by atoms with Crippen LogP contribution in [0.5, 0.6) is 11.5 Å². The number of hydrogen-bond donors (Lipinski definition) is 1. The van der Waals surface area contributed by atoms with Crippen LogP contribution >= 0.6 is 11.3 Å². The van der Waals surface area contributed by atoms with E-state index in [1.54, 1.807) is 13.0 Å².